The van der Waals surface area contributed by atoms with Crippen LogP contribution in [-0.2, 0) is 6.42 Å². The van der Waals surface area contributed by atoms with E-state index in [-0.39, 0.29) is 0 Å². The summed E-state index contributed by atoms with van der Waals surface area (Å²) in [4.78, 5) is 0. The van der Waals surface area contributed by atoms with Crippen molar-refractivity contribution in [2.75, 3.05) is 0 Å². The molecule has 0 atom stereocenters. The van der Waals surface area contributed by atoms with E-state index < -0.39 is 0 Å². The molecule has 0 aliphatic carbocycles. The van der Waals surface area contributed by atoms with Gasteiger partial charge in [0.2, 0.25) is 0 Å². The molecular formula is C15H30N4. The maximum atomic E-state index is 3.87. The summed E-state index contributed by atoms with van der Waals surface area (Å²) < 4.78 is 0. The second kappa shape index (κ2) is 12.9. The van der Waals surface area contributed by atoms with Gasteiger partial charge >= 0.3 is 0 Å². The van der Waals surface area contributed by atoms with Crippen molar-refractivity contribution in [1.82, 2.24) is 20.4 Å². The molecular weight excluding hydrogens is 236 g/mol. The van der Waals surface area contributed by atoms with Crippen LogP contribution >= 0.6 is 0 Å². The summed E-state index contributed by atoms with van der Waals surface area (Å²) in [5.74, 6) is 0. The zero-order valence-electron chi connectivity index (χ0n) is 13.8. The molecule has 0 radical (unpaired) electrons. The van der Waals surface area contributed by atoms with Gasteiger partial charge in [0.15, 0.2) is 0 Å². The van der Waals surface area contributed by atoms with Gasteiger partial charge in [-0.05, 0) is 38.3 Å². The van der Waals surface area contributed by atoms with Gasteiger partial charge in [0.05, 0.1) is 12.4 Å². The van der Waals surface area contributed by atoms with E-state index in [1.165, 1.54) is 16.8 Å². The zero-order chi connectivity index (χ0) is 15.3. The van der Waals surface area contributed by atoms with Crippen LogP contribution in [0, 0.1) is 20.8 Å². The van der Waals surface area contributed by atoms with E-state index >= 15 is 0 Å². The van der Waals surface area contributed by atoms with Crippen molar-refractivity contribution in [3.8, 4) is 0 Å². The highest BCUT2D eigenvalue weighted by Crippen LogP contribution is 2.00. The number of aromatic amines is 2. The van der Waals surface area contributed by atoms with Crippen LogP contribution < -0.4 is 0 Å². The van der Waals surface area contributed by atoms with Gasteiger partial charge < -0.3 is 0 Å². The Morgan fingerprint density at radius 3 is 1.47 bits per heavy atom. The normalized spacial score (nSPS) is 8.21. The van der Waals surface area contributed by atoms with Crippen LogP contribution in [0.2, 0.25) is 0 Å². The Hall–Kier alpha value is -1.58. The number of aryl methyl sites for hydroxylation is 4. The summed E-state index contributed by atoms with van der Waals surface area (Å²) in [7, 11) is 0. The van der Waals surface area contributed by atoms with E-state index in [2.05, 4.69) is 34.2 Å². The molecule has 2 aromatic rings. The summed E-state index contributed by atoms with van der Waals surface area (Å²) in [6, 6.07) is 0. The van der Waals surface area contributed by atoms with Crippen molar-refractivity contribution in [2.24, 2.45) is 0 Å². The number of nitrogens with one attached hydrogen (secondary N) is 2. The molecule has 2 rings (SSSR count). The number of hydrogen-bond donors (Lipinski definition) is 2. The van der Waals surface area contributed by atoms with Gasteiger partial charge in [0.1, 0.15) is 0 Å². The van der Waals surface area contributed by atoms with E-state index in [9.17, 15) is 0 Å². The van der Waals surface area contributed by atoms with E-state index in [0.717, 1.165) is 12.1 Å². The van der Waals surface area contributed by atoms with Crippen LogP contribution in [0.5, 0.6) is 0 Å². The molecule has 110 valence electrons. The van der Waals surface area contributed by atoms with Gasteiger partial charge in [-0.3, -0.25) is 10.2 Å². The highest BCUT2D eigenvalue weighted by molar-refractivity contribution is 5.12. The maximum Gasteiger partial charge on any atom is 0.0519 e. The van der Waals surface area contributed by atoms with Gasteiger partial charge in [0.25, 0.3) is 0 Å². The molecule has 0 saturated heterocycles. The largest absolute Gasteiger partial charge is 0.283 e. The number of hydrogen-bond acceptors (Lipinski definition) is 2. The van der Waals surface area contributed by atoms with Crippen LogP contribution in [0.3, 0.4) is 0 Å². The average molecular weight is 266 g/mol. The second-order valence-electron chi connectivity index (χ2n) is 3.56. The molecule has 0 saturated carbocycles. The third-order valence-corrected chi connectivity index (χ3v) is 2.37. The summed E-state index contributed by atoms with van der Waals surface area (Å²) >= 11 is 0. The Bertz CT molecular complexity index is 385. The Morgan fingerprint density at radius 1 is 0.842 bits per heavy atom. The lowest BCUT2D eigenvalue weighted by molar-refractivity contribution is 0.969. The fraction of sp³-hybridized carbons (Fsp3) is 0.600. The Morgan fingerprint density at radius 2 is 1.32 bits per heavy atom. The molecule has 4 heteroatoms. The van der Waals surface area contributed by atoms with Crippen molar-refractivity contribution >= 4 is 0 Å². The van der Waals surface area contributed by atoms with Gasteiger partial charge in [-0.2, -0.15) is 10.2 Å². The molecule has 0 aliphatic heterocycles. The quantitative estimate of drug-likeness (QED) is 0.805. The molecule has 0 bridgehead atoms. The van der Waals surface area contributed by atoms with E-state index in [0.29, 0.717) is 0 Å². The highest BCUT2D eigenvalue weighted by Gasteiger charge is 1.92. The van der Waals surface area contributed by atoms with Crippen molar-refractivity contribution < 1.29 is 0 Å². The minimum atomic E-state index is 1.05. The van der Waals surface area contributed by atoms with E-state index in [1.54, 1.807) is 0 Å². The number of aromatic nitrogens is 4. The lowest BCUT2D eigenvalue weighted by Gasteiger charge is -1.87. The van der Waals surface area contributed by atoms with Crippen molar-refractivity contribution in [1.29, 1.82) is 0 Å². The molecule has 0 spiro atoms. The van der Waals surface area contributed by atoms with E-state index in [4.69, 9.17) is 0 Å². The van der Waals surface area contributed by atoms with Crippen LogP contribution in [-0.4, -0.2) is 20.4 Å². The summed E-state index contributed by atoms with van der Waals surface area (Å²) in [5, 5.41) is 13.4. The second-order valence-corrected chi connectivity index (χ2v) is 3.56. The molecule has 2 aromatic heterocycles. The first-order chi connectivity index (χ1) is 9.15. The molecule has 2 N–H and O–H groups in total. The van der Waals surface area contributed by atoms with Crippen LogP contribution in [0.4, 0.5) is 0 Å². The van der Waals surface area contributed by atoms with Gasteiger partial charge in [-0.15, -0.1) is 0 Å². The lowest BCUT2D eigenvalue weighted by atomic mass is 10.2. The maximum absolute atomic E-state index is 3.87. The Kier molecular flexibility index (Phi) is 13.4. The van der Waals surface area contributed by atoms with Crippen LogP contribution in [0.15, 0.2) is 12.4 Å². The molecule has 0 aromatic carbocycles. The first-order valence-corrected chi connectivity index (χ1v) is 7.10. The topological polar surface area (TPSA) is 57.4 Å². The number of H-pyrrole nitrogens is 2. The van der Waals surface area contributed by atoms with Crippen molar-refractivity contribution in [3.05, 3.63) is 34.9 Å². The average Bonchev–Trinajstić information content (AvgIpc) is 3.04. The first-order valence-electron chi connectivity index (χ1n) is 7.10. The van der Waals surface area contributed by atoms with Crippen LogP contribution in [0.25, 0.3) is 0 Å². The summed E-state index contributed by atoms with van der Waals surface area (Å²) in [6.07, 6.45) is 4.71. The molecule has 19 heavy (non-hydrogen) atoms. The fourth-order valence-corrected chi connectivity index (χ4v) is 1.14. The molecule has 0 unspecified atom stereocenters. The predicted octanol–water partition coefficient (Wildman–Crippen LogP) is 4.36. The smallest absolute Gasteiger partial charge is 0.0519 e. The minimum Gasteiger partial charge on any atom is -0.283 e. The monoisotopic (exact) mass is 266 g/mol. The van der Waals surface area contributed by atoms with Gasteiger partial charge in [-0.25, -0.2) is 0 Å². The summed E-state index contributed by atoms with van der Waals surface area (Å²) in [5.41, 5.74) is 4.87. The lowest BCUT2D eigenvalue weighted by Crippen LogP contribution is -1.80. The van der Waals surface area contributed by atoms with Gasteiger partial charge in [-0.1, -0.05) is 34.6 Å². The SMILES string of the molecule is CC.CC.CCc1[nH]ncc1C.Cc1cn[nH]c1C. The molecule has 0 aliphatic rings. The van der Waals surface area contributed by atoms with Gasteiger partial charge in [0, 0.05) is 11.4 Å². The third kappa shape index (κ3) is 8.19. The standard InChI is InChI=1S/C6H10N2.C5H8N2.2C2H6/c1-3-6-5(2)4-7-8-6;1-4-3-6-7-5(4)2;2*1-2/h4H,3H2,1-2H3,(H,7,8);3H,1-2H3,(H,6,7);2*1-2H3. The van der Waals surface area contributed by atoms with E-state index in [1.807, 2.05) is 53.9 Å². The van der Waals surface area contributed by atoms with Crippen molar-refractivity contribution in [3.63, 3.8) is 0 Å². The fourth-order valence-electron chi connectivity index (χ4n) is 1.14. The summed E-state index contributed by atoms with van der Waals surface area (Å²) in [6.45, 7) is 16.2. The molecule has 0 amide bonds. The van der Waals surface area contributed by atoms with Crippen molar-refractivity contribution in [2.45, 2.75) is 61.8 Å². The predicted molar refractivity (Wildman–Crippen MR) is 83.5 cm³/mol. The minimum absolute atomic E-state index is 1.05. The molecule has 0 fully saturated rings. The number of nitrogens with zero attached hydrogens (tertiary/aromatic N) is 2. The Balaban J connectivity index is 0. The Labute approximate surface area is 118 Å². The number of rotatable bonds is 1. The molecule has 4 nitrogen and oxygen atoms in total. The first kappa shape index (κ1) is 19.8. The van der Waals surface area contributed by atoms with Crippen LogP contribution in [0.1, 0.15) is 57.1 Å². The molecule has 2 heterocycles. The zero-order valence-corrected chi connectivity index (χ0v) is 13.8. The third-order valence-electron chi connectivity index (χ3n) is 2.37. The highest BCUT2D eigenvalue weighted by atomic mass is 15.1.